The first-order valence-corrected chi connectivity index (χ1v) is 9.19. The van der Waals surface area contributed by atoms with Crippen molar-refractivity contribution in [2.24, 2.45) is 0 Å². The summed E-state index contributed by atoms with van der Waals surface area (Å²) < 4.78 is 32.1. The van der Waals surface area contributed by atoms with E-state index in [0.717, 1.165) is 37.1 Å². The van der Waals surface area contributed by atoms with Gasteiger partial charge in [-0.2, -0.15) is 4.98 Å². The molecule has 1 aliphatic rings. The van der Waals surface area contributed by atoms with Gasteiger partial charge in [0.1, 0.15) is 11.6 Å². The van der Waals surface area contributed by atoms with E-state index in [2.05, 4.69) is 22.0 Å². The molecule has 0 aliphatic carbocycles. The Bertz CT molecular complexity index is 910. The smallest absolute Gasteiger partial charge is 0.231 e. The Kier molecular flexibility index (Phi) is 4.99. The number of rotatable bonds is 4. The maximum absolute atomic E-state index is 13.5. The minimum Gasteiger partial charge on any atom is -0.339 e. The van der Waals surface area contributed by atoms with Crippen molar-refractivity contribution in [2.45, 2.75) is 31.7 Å². The molecule has 0 saturated carbocycles. The van der Waals surface area contributed by atoms with Gasteiger partial charge in [0.25, 0.3) is 0 Å². The fraction of sp³-hybridized carbons (Fsp3) is 0.333. The van der Waals surface area contributed by atoms with Crippen molar-refractivity contribution in [3.05, 3.63) is 71.6 Å². The summed E-state index contributed by atoms with van der Waals surface area (Å²) in [4.78, 5) is 6.85. The zero-order chi connectivity index (χ0) is 18.8. The summed E-state index contributed by atoms with van der Waals surface area (Å²) in [6.45, 7) is 3.82. The van der Waals surface area contributed by atoms with Crippen LogP contribution in [0.3, 0.4) is 0 Å². The topological polar surface area (TPSA) is 42.2 Å². The van der Waals surface area contributed by atoms with E-state index in [1.54, 1.807) is 24.3 Å². The molecule has 2 heterocycles. The molecular weight excluding hydrogens is 348 g/mol. The van der Waals surface area contributed by atoms with Gasteiger partial charge in [0.15, 0.2) is 0 Å². The molecule has 0 amide bonds. The zero-order valence-electron chi connectivity index (χ0n) is 15.1. The van der Waals surface area contributed by atoms with Crippen molar-refractivity contribution < 1.29 is 13.3 Å². The molecule has 4 rings (SSSR count). The maximum Gasteiger partial charge on any atom is 0.231 e. The maximum atomic E-state index is 13.5. The molecule has 1 aromatic heterocycles. The molecule has 0 unspecified atom stereocenters. The van der Waals surface area contributed by atoms with Crippen LogP contribution < -0.4 is 0 Å². The quantitative estimate of drug-likeness (QED) is 0.652. The molecule has 4 nitrogen and oxygen atoms in total. The van der Waals surface area contributed by atoms with E-state index in [4.69, 9.17) is 4.52 Å². The average Bonchev–Trinajstić information content (AvgIpc) is 3.18. The number of hydrogen-bond donors (Lipinski definition) is 0. The monoisotopic (exact) mass is 369 g/mol. The summed E-state index contributed by atoms with van der Waals surface area (Å²) in [6, 6.07) is 12.9. The predicted octanol–water partition coefficient (Wildman–Crippen LogP) is 4.96. The van der Waals surface area contributed by atoms with Crippen LogP contribution in [0, 0.1) is 11.6 Å². The van der Waals surface area contributed by atoms with E-state index in [1.807, 2.05) is 6.07 Å². The Balaban J connectivity index is 1.49. The minimum absolute atomic E-state index is 0.114. The third-order valence-corrected chi connectivity index (χ3v) is 5.23. The molecule has 1 fully saturated rings. The lowest BCUT2D eigenvalue weighted by Crippen LogP contribution is -2.36. The van der Waals surface area contributed by atoms with Crippen molar-refractivity contribution in [2.75, 3.05) is 13.1 Å². The fourth-order valence-electron chi connectivity index (χ4n) is 3.65. The third kappa shape index (κ3) is 3.90. The number of nitrogens with zero attached hydrogens (tertiary/aromatic N) is 3. The van der Waals surface area contributed by atoms with E-state index in [0.29, 0.717) is 11.7 Å². The number of benzene rings is 2. The summed E-state index contributed by atoms with van der Waals surface area (Å²) in [5, 5.41) is 4.05. The molecule has 6 heteroatoms. The number of halogens is 2. The van der Waals surface area contributed by atoms with Gasteiger partial charge in [-0.05, 0) is 68.3 Å². The van der Waals surface area contributed by atoms with Gasteiger partial charge in [0, 0.05) is 18.2 Å². The zero-order valence-corrected chi connectivity index (χ0v) is 15.1. The average molecular weight is 369 g/mol. The SMILES string of the molecule is C[C@H](c1cccc(F)c1)N1CCC[C@H](c2nc(-c3ccc(F)cc3)no2)C1. The van der Waals surface area contributed by atoms with Crippen LogP contribution >= 0.6 is 0 Å². The van der Waals surface area contributed by atoms with Crippen LogP contribution in [0.1, 0.15) is 43.2 Å². The van der Waals surface area contributed by atoms with Crippen molar-refractivity contribution in [3.8, 4) is 11.4 Å². The molecule has 0 bridgehead atoms. The number of likely N-dealkylation sites (tertiary alicyclic amines) is 1. The van der Waals surface area contributed by atoms with Crippen LogP contribution in [0.25, 0.3) is 11.4 Å². The third-order valence-electron chi connectivity index (χ3n) is 5.23. The highest BCUT2D eigenvalue weighted by molar-refractivity contribution is 5.53. The van der Waals surface area contributed by atoms with Gasteiger partial charge in [-0.3, -0.25) is 4.90 Å². The molecule has 140 valence electrons. The standard InChI is InChI=1S/C21H21F2N3O/c1-14(16-4-2-6-19(23)12-16)26-11-3-5-17(13-26)21-24-20(25-27-21)15-7-9-18(22)10-8-15/h2,4,6-10,12,14,17H,3,5,11,13H2,1H3/t14-,17+/m1/s1. The fourth-order valence-corrected chi connectivity index (χ4v) is 3.65. The second-order valence-electron chi connectivity index (χ2n) is 7.03. The molecule has 0 radical (unpaired) electrons. The Morgan fingerprint density at radius 1 is 1.11 bits per heavy atom. The number of piperidine rings is 1. The highest BCUT2D eigenvalue weighted by Crippen LogP contribution is 2.32. The van der Waals surface area contributed by atoms with Crippen LogP contribution in [0.2, 0.25) is 0 Å². The van der Waals surface area contributed by atoms with Gasteiger partial charge in [0.05, 0.1) is 5.92 Å². The van der Waals surface area contributed by atoms with Crippen LogP contribution in [0.5, 0.6) is 0 Å². The van der Waals surface area contributed by atoms with Crippen molar-refractivity contribution in [1.82, 2.24) is 15.0 Å². The summed E-state index contributed by atoms with van der Waals surface area (Å²) in [5.74, 6) is 0.702. The highest BCUT2D eigenvalue weighted by Gasteiger charge is 2.29. The molecule has 2 aromatic carbocycles. The summed E-state index contributed by atoms with van der Waals surface area (Å²) in [5.41, 5.74) is 1.69. The Labute approximate surface area is 156 Å². The first-order chi connectivity index (χ1) is 13.1. The molecule has 2 atom stereocenters. The summed E-state index contributed by atoms with van der Waals surface area (Å²) in [6.07, 6.45) is 1.98. The minimum atomic E-state index is -0.295. The lowest BCUT2D eigenvalue weighted by atomic mass is 9.95. The highest BCUT2D eigenvalue weighted by atomic mass is 19.1. The van der Waals surface area contributed by atoms with Gasteiger partial charge in [0.2, 0.25) is 11.7 Å². The van der Waals surface area contributed by atoms with Crippen molar-refractivity contribution in [3.63, 3.8) is 0 Å². The molecule has 0 N–H and O–H groups in total. The van der Waals surface area contributed by atoms with Crippen molar-refractivity contribution in [1.29, 1.82) is 0 Å². The number of aromatic nitrogens is 2. The lowest BCUT2D eigenvalue weighted by Gasteiger charge is -2.35. The second kappa shape index (κ2) is 7.56. The predicted molar refractivity (Wildman–Crippen MR) is 98.1 cm³/mol. The number of hydrogen-bond acceptors (Lipinski definition) is 4. The molecular formula is C21H21F2N3O. The summed E-state index contributed by atoms with van der Waals surface area (Å²) in [7, 11) is 0. The van der Waals surface area contributed by atoms with Gasteiger partial charge < -0.3 is 4.52 Å². The van der Waals surface area contributed by atoms with E-state index < -0.39 is 0 Å². The first-order valence-electron chi connectivity index (χ1n) is 9.19. The van der Waals surface area contributed by atoms with E-state index in [-0.39, 0.29) is 23.6 Å². The van der Waals surface area contributed by atoms with Crippen LogP contribution in [0.4, 0.5) is 8.78 Å². The van der Waals surface area contributed by atoms with Gasteiger partial charge in [-0.15, -0.1) is 0 Å². The normalized spacial score (nSPS) is 19.1. The first kappa shape index (κ1) is 17.8. The van der Waals surface area contributed by atoms with Crippen LogP contribution in [0.15, 0.2) is 53.1 Å². The molecule has 1 aliphatic heterocycles. The lowest BCUT2D eigenvalue weighted by molar-refractivity contribution is 0.144. The molecule has 0 spiro atoms. The Hall–Kier alpha value is -2.60. The van der Waals surface area contributed by atoms with E-state index in [9.17, 15) is 8.78 Å². The van der Waals surface area contributed by atoms with Gasteiger partial charge in [-0.1, -0.05) is 17.3 Å². The Morgan fingerprint density at radius 2 is 1.93 bits per heavy atom. The second-order valence-corrected chi connectivity index (χ2v) is 7.03. The summed E-state index contributed by atoms with van der Waals surface area (Å²) >= 11 is 0. The van der Waals surface area contributed by atoms with Gasteiger partial charge in [-0.25, -0.2) is 8.78 Å². The van der Waals surface area contributed by atoms with Crippen LogP contribution in [-0.2, 0) is 0 Å². The van der Waals surface area contributed by atoms with E-state index >= 15 is 0 Å². The Morgan fingerprint density at radius 3 is 2.70 bits per heavy atom. The van der Waals surface area contributed by atoms with Gasteiger partial charge >= 0.3 is 0 Å². The van der Waals surface area contributed by atoms with Crippen LogP contribution in [-0.4, -0.2) is 28.1 Å². The van der Waals surface area contributed by atoms with E-state index in [1.165, 1.54) is 18.2 Å². The molecule has 27 heavy (non-hydrogen) atoms. The largest absolute Gasteiger partial charge is 0.339 e. The molecule has 3 aromatic rings. The molecule has 1 saturated heterocycles. The van der Waals surface area contributed by atoms with Crippen molar-refractivity contribution >= 4 is 0 Å².